The van der Waals surface area contributed by atoms with E-state index in [1.807, 2.05) is 0 Å². The third-order valence-corrected chi connectivity index (χ3v) is 3.22. The number of rotatable bonds is 2. The quantitative estimate of drug-likeness (QED) is 0.697. The molecule has 4 atom stereocenters. The number of carbonyl (C=O) groups is 1. The minimum atomic E-state index is -1.54. The number of aliphatic hydroxyl groups is 1. The van der Waals surface area contributed by atoms with Gasteiger partial charge in [-0.15, -0.1) is 0 Å². The van der Waals surface area contributed by atoms with Crippen LogP contribution in [-0.2, 0) is 23.7 Å². The summed E-state index contributed by atoms with van der Waals surface area (Å²) in [5.41, 5.74) is -1.54. The number of hydrogen-bond acceptors (Lipinski definition) is 6. The van der Waals surface area contributed by atoms with Crippen molar-refractivity contribution in [2.45, 2.75) is 44.2 Å². The second-order valence-corrected chi connectivity index (χ2v) is 4.16. The average Bonchev–Trinajstić information content (AvgIpc) is 2.74. The molecule has 6 nitrogen and oxygen atoms in total. The Bertz CT molecular complexity index is 281. The number of hydrogen-bond donors (Lipinski definition) is 1. The van der Waals surface area contributed by atoms with Crippen LogP contribution in [0, 0.1) is 0 Å². The van der Waals surface area contributed by atoms with E-state index in [4.69, 9.17) is 14.2 Å². The Morgan fingerprint density at radius 2 is 2.06 bits per heavy atom. The Morgan fingerprint density at radius 1 is 1.35 bits per heavy atom. The topological polar surface area (TPSA) is 74.2 Å². The molecule has 2 fully saturated rings. The van der Waals surface area contributed by atoms with E-state index < -0.39 is 11.6 Å². The van der Waals surface area contributed by atoms with Crippen LogP contribution in [0.5, 0.6) is 0 Å². The van der Waals surface area contributed by atoms with Gasteiger partial charge in [0, 0.05) is 20.0 Å². The van der Waals surface area contributed by atoms with Crippen LogP contribution in [0.2, 0.25) is 0 Å². The Balaban J connectivity index is 0.00000144. The molecular weight excluding hydrogens is 228 g/mol. The van der Waals surface area contributed by atoms with Gasteiger partial charge in [0.05, 0.1) is 19.3 Å². The first kappa shape index (κ1) is 14.4. The molecule has 0 bridgehead atoms. The molecule has 1 saturated carbocycles. The molecule has 4 unspecified atom stereocenters. The molecule has 17 heavy (non-hydrogen) atoms. The molecule has 6 heteroatoms. The molecule has 2 aliphatic rings. The van der Waals surface area contributed by atoms with Crippen molar-refractivity contribution < 1.29 is 28.8 Å². The molecule has 1 N–H and O–H groups in total. The second kappa shape index (κ2) is 5.30. The fraction of sp³-hybridized carbons (Fsp3) is 0.909. The first-order chi connectivity index (χ1) is 7.60. The van der Waals surface area contributed by atoms with Crippen LogP contribution in [0.25, 0.3) is 0 Å². The van der Waals surface area contributed by atoms with Gasteiger partial charge in [-0.05, 0) is 0 Å². The maximum atomic E-state index is 11.5. The molecule has 0 radical (unpaired) electrons. The Labute approximate surface area is 101 Å². The highest BCUT2D eigenvalue weighted by Crippen LogP contribution is 2.37. The fourth-order valence-electron chi connectivity index (χ4n) is 2.37. The van der Waals surface area contributed by atoms with E-state index in [0.29, 0.717) is 0 Å². The van der Waals surface area contributed by atoms with Crippen LogP contribution >= 0.6 is 0 Å². The molecule has 1 saturated heterocycles. The fourth-order valence-corrected chi connectivity index (χ4v) is 2.37. The van der Waals surface area contributed by atoms with Gasteiger partial charge >= 0.3 is 5.97 Å². The summed E-state index contributed by atoms with van der Waals surface area (Å²) >= 11 is 0. The number of methoxy groups -OCH3 is 2. The standard InChI is InChI=1S/C10H16O6.CH4/c1-13-6-3-10(12,9(11)14-2)4-7-8(6)16-5-15-7;/h6-8,12H,3-5H2,1-2H3;1H4. The van der Waals surface area contributed by atoms with Crippen molar-refractivity contribution in [1.29, 1.82) is 0 Å². The molecule has 0 aromatic rings. The third-order valence-electron chi connectivity index (χ3n) is 3.22. The van der Waals surface area contributed by atoms with Gasteiger partial charge < -0.3 is 24.1 Å². The van der Waals surface area contributed by atoms with Crippen LogP contribution in [0.15, 0.2) is 0 Å². The summed E-state index contributed by atoms with van der Waals surface area (Å²) in [6, 6.07) is 0. The van der Waals surface area contributed by atoms with Gasteiger partial charge in [0.1, 0.15) is 12.9 Å². The molecule has 1 aliphatic carbocycles. The second-order valence-electron chi connectivity index (χ2n) is 4.16. The minimum Gasteiger partial charge on any atom is -0.467 e. The van der Waals surface area contributed by atoms with E-state index in [1.165, 1.54) is 14.2 Å². The Hall–Kier alpha value is -0.690. The zero-order valence-corrected chi connectivity index (χ0v) is 9.34. The van der Waals surface area contributed by atoms with Gasteiger partial charge in [-0.1, -0.05) is 7.43 Å². The summed E-state index contributed by atoms with van der Waals surface area (Å²) in [5, 5.41) is 10.2. The maximum absolute atomic E-state index is 11.5. The third kappa shape index (κ3) is 2.44. The molecule has 2 rings (SSSR count). The number of esters is 1. The van der Waals surface area contributed by atoms with Gasteiger partial charge in [-0.2, -0.15) is 0 Å². The van der Waals surface area contributed by atoms with Crippen molar-refractivity contribution in [2.24, 2.45) is 0 Å². The van der Waals surface area contributed by atoms with Gasteiger partial charge in [0.2, 0.25) is 0 Å². The summed E-state index contributed by atoms with van der Waals surface area (Å²) in [5.74, 6) is -0.650. The zero-order valence-electron chi connectivity index (χ0n) is 9.34. The Kier molecular flexibility index (Phi) is 4.48. The van der Waals surface area contributed by atoms with Crippen molar-refractivity contribution in [2.75, 3.05) is 21.0 Å². The van der Waals surface area contributed by atoms with Gasteiger partial charge in [0.25, 0.3) is 0 Å². The van der Waals surface area contributed by atoms with Crippen molar-refractivity contribution >= 4 is 5.97 Å². The van der Waals surface area contributed by atoms with Crippen molar-refractivity contribution in [1.82, 2.24) is 0 Å². The van der Waals surface area contributed by atoms with E-state index in [2.05, 4.69) is 4.74 Å². The van der Waals surface area contributed by atoms with Crippen molar-refractivity contribution in [3.63, 3.8) is 0 Å². The van der Waals surface area contributed by atoms with E-state index in [0.717, 1.165) is 0 Å². The van der Waals surface area contributed by atoms with Crippen LogP contribution in [0.1, 0.15) is 20.3 Å². The van der Waals surface area contributed by atoms with E-state index in [-0.39, 0.29) is 45.4 Å². The predicted octanol–water partition coefficient (Wildman–Crippen LogP) is 0.0769. The van der Waals surface area contributed by atoms with Crippen LogP contribution in [0.3, 0.4) is 0 Å². The first-order valence-electron chi connectivity index (χ1n) is 5.17. The lowest BCUT2D eigenvalue weighted by Crippen LogP contribution is -2.55. The molecule has 1 aliphatic heterocycles. The highest BCUT2D eigenvalue weighted by atomic mass is 16.7. The largest absolute Gasteiger partial charge is 0.467 e. The van der Waals surface area contributed by atoms with Crippen LogP contribution < -0.4 is 0 Å². The van der Waals surface area contributed by atoms with Gasteiger partial charge in [-0.25, -0.2) is 4.79 Å². The molecule has 0 amide bonds. The van der Waals surface area contributed by atoms with Crippen LogP contribution in [-0.4, -0.2) is 56.0 Å². The lowest BCUT2D eigenvalue weighted by Gasteiger charge is -2.39. The van der Waals surface area contributed by atoms with Gasteiger partial charge in [-0.3, -0.25) is 0 Å². The minimum absolute atomic E-state index is 0. The summed E-state index contributed by atoms with van der Waals surface area (Å²) in [6.07, 6.45) is -0.534. The smallest absolute Gasteiger partial charge is 0.338 e. The van der Waals surface area contributed by atoms with Crippen molar-refractivity contribution in [3.05, 3.63) is 0 Å². The normalized spacial score (nSPS) is 40.3. The first-order valence-corrected chi connectivity index (χ1v) is 5.17. The molecule has 1 heterocycles. The van der Waals surface area contributed by atoms with E-state index in [9.17, 15) is 9.90 Å². The summed E-state index contributed by atoms with van der Waals surface area (Å²) < 4.78 is 20.5. The van der Waals surface area contributed by atoms with E-state index >= 15 is 0 Å². The highest BCUT2D eigenvalue weighted by Gasteiger charge is 2.53. The SMILES string of the molecule is C.COC(=O)C1(O)CC(OC)C2OCOC2C1. The van der Waals surface area contributed by atoms with Gasteiger partial charge in [0.15, 0.2) is 5.60 Å². The lowest BCUT2D eigenvalue weighted by atomic mass is 9.79. The maximum Gasteiger partial charge on any atom is 0.338 e. The molecule has 0 aromatic carbocycles. The predicted molar refractivity (Wildman–Crippen MR) is 58.3 cm³/mol. The lowest BCUT2D eigenvalue weighted by molar-refractivity contribution is -0.181. The van der Waals surface area contributed by atoms with Crippen molar-refractivity contribution in [3.8, 4) is 0 Å². The number of ether oxygens (including phenoxy) is 4. The summed E-state index contributed by atoms with van der Waals surface area (Å²) in [6.45, 7) is 0.173. The molecule has 100 valence electrons. The zero-order chi connectivity index (χ0) is 11.8. The number of fused-ring (bicyclic) bond motifs is 1. The molecule has 0 spiro atoms. The monoisotopic (exact) mass is 248 g/mol. The number of carbonyl (C=O) groups excluding carboxylic acids is 1. The highest BCUT2D eigenvalue weighted by molar-refractivity contribution is 5.79. The van der Waals surface area contributed by atoms with Crippen LogP contribution in [0.4, 0.5) is 0 Å². The molecular formula is C11H20O6. The summed E-state index contributed by atoms with van der Waals surface area (Å²) in [7, 11) is 2.77. The van der Waals surface area contributed by atoms with E-state index in [1.54, 1.807) is 0 Å². The summed E-state index contributed by atoms with van der Waals surface area (Å²) in [4.78, 5) is 11.5. The molecule has 0 aromatic heterocycles. The average molecular weight is 248 g/mol. The Morgan fingerprint density at radius 3 is 2.65 bits per heavy atom.